The molecule has 0 aliphatic heterocycles. The first-order valence-corrected chi connectivity index (χ1v) is 9.80. The summed E-state index contributed by atoms with van der Waals surface area (Å²) in [4.78, 5) is 20.7. The average Bonchev–Trinajstić information content (AvgIpc) is 2.69. The van der Waals surface area contributed by atoms with E-state index in [1.807, 2.05) is 70.2 Å². The first-order chi connectivity index (χ1) is 13.9. The van der Waals surface area contributed by atoms with Gasteiger partial charge in [-0.2, -0.15) is 0 Å². The van der Waals surface area contributed by atoms with Crippen LogP contribution in [0.25, 0.3) is 0 Å². The van der Waals surface area contributed by atoms with E-state index < -0.39 is 0 Å². The number of ether oxygens (including phenoxy) is 1. The van der Waals surface area contributed by atoms with Crippen molar-refractivity contribution in [2.24, 2.45) is 4.99 Å². The van der Waals surface area contributed by atoms with E-state index >= 15 is 0 Å². The molecule has 0 unspecified atom stereocenters. The molecule has 7 heteroatoms. The van der Waals surface area contributed by atoms with Crippen molar-refractivity contribution in [1.82, 2.24) is 20.9 Å². The standard InChI is InChI=1S/C22H31N5O2/c1-5-23-21(26-15-20(28)27-22(2,3)4)25-14-17-9-11-19(12-10-17)29-16-18-8-6-7-13-24-18/h6-13H,5,14-16H2,1-4H3,(H,27,28)(H2,23,25,26). The van der Waals surface area contributed by atoms with Gasteiger partial charge in [0.2, 0.25) is 5.91 Å². The zero-order valence-corrected chi connectivity index (χ0v) is 17.7. The predicted octanol–water partition coefficient (Wildman–Crippen LogP) is 2.63. The minimum Gasteiger partial charge on any atom is -0.487 e. The van der Waals surface area contributed by atoms with E-state index in [1.54, 1.807) is 6.20 Å². The smallest absolute Gasteiger partial charge is 0.239 e. The van der Waals surface area contributed by atoms with Crippen LogP contribution in [0.2, 0.25) is 0 Å². The zero-order valence-electron chi connectivity index (χ0n) is 17.7. The molecule has 0 bridgehead atoms. The van der Waals surface area contributed by atoms with Gasteiger partial charge in [-0.05, 0) is 57.5 Å². The summed E-state index contributed by atoms with van der Waals surface area (Å²) in [5.41, 5.74) is 1.68. The maximum absolute atomic E-state index is 12.0. The number of aliphatic imine (C=N–C) groups is 1. The lowest BCUT2D eigenvalue weighted by molar-refractivity contribution is -0.121. The maximum atomic E-state index is 12.0. The molecule has 0 saturated heterocycles. The Kier molecular flexibility index (Phi) is 8.45. The largest absolute Gasteiger partial charge is 0.487 e. The van der Waals surface area contributed by atoms with Gasteiger partial charge in [-0.15, -0.1) is 0 Å². The van der Waals surface area contributed by atoms with Crippen molar-refractivity contribution < 1.29 is 9.53 Å². The second kappa shape index (κ2) is 11.0. The molecule has 0 aliphatic rings. The normalized spacial score (nSPS) is 11.7. The van der Waals surface area contributed by atoms with Gasteiger partial charge in [-0.3, -0.25) is 9.78 Å². The second-order valence-corrected chi connectivity index (χ2v) is 7.60. The average molecular weight is 398 g/mol. The molecule has 2 rings (SSSR count). The summed E-state index contributed by atoms with van der Waals surface area (Å²) in [5, 5.41) is 9.12. The number of aromatic nitrogens is 1. The van der Waals surface area contributed by atoms with Gasteiger partial charge in [-0.25, -0.2) is 4.99 Å². The van der Waals surface area contributed by atoms with Crippen LogP contribution in [0.4, 0.5) is 0 Å². The first-order valence-electron chi connectivity index (χ1n) is 9.80. The lowest BCUT2D eigenvalue weighted by Gasteiger charge is -2.21. The van der Waals surface area contributed by atoms with E-state index in [4.69, 9.17) is 4.74 Å². The van der Waals surface area contributed by atoms with Crippen molar-refractivity contribution in [2.45, 2.75) is 46.4 Å². The van der Waals surface area contributed by atoms with Crippen molar-refractivity contribution >= 4 is 11.9 Å². The number of carbonyl (C=O) groups is 1. The van der Waals surface area contributed by atoms with Crippen LogP contribution >= 0.6 is 0 Å². The van der Waals surface area contributed by atoms with Crippen molar-refractivity contribution in [3.05, 3.63) is 59.9 Å². The van der Waals surface area contributed by atoms with Crippen molar-refractivity contribution in [2.75, 3.05) is 13.1 Å². The van der Waals surface area contributed by atoms with Gasteiger partial charge in [0.05, 0.1) is 18.8 Å². The number of amides is 1. The van der Waals surface area contributed by atoms with Crippen molar-refractivity contribution in [3.8, 4) is 5.75 Å². The fraction of sp³-hybridized carbons (Fsp3) is 0.409. The highest BCUT2D eigenvalue weighted by Gasteiger charge is 2.13. The molecular formula is C22H31N5O2. The number of benzene rings is 1. The van der Waals surface area contributed by atoms with Gasteiger partial charge in [0.15, 0.2) is 5.96 Å². The summed E-state index contributed by atoms with van der Waals surface area (Å²) in [6.07, 6.45) is 1.75. The minimum atomic E-state index is -0.255. The highest BCUT2D eigenvalue weighted by molar-refractivity contribution is 5.86. The first kappa shape index (κ1) is 22.2. The van der Waals surface area contributed by atoms with Gasteiger partial charge < -0.3 is 20.7 Å². The Morgan fingerprint density at radius 3 is 2.48 bits per heavy atom. The molecule has 0 radical (unpaired) electrons. The van der Waals surface area contributed by atoms with E-state index in [9.17, 15) is 4.79 Å². The molecule has 0 spiro atoms. The maximum Gasteiger partial charge on any atom is 0.239 e. The third-order valence-corrected chi connectivity index (χ3v) is 3.73. The number of hydrogen-bond donors (Lipinski definition) is 3. The van der Waals surface area contributed by atoms with Crippen LogP contribution in [0, 0.1) is 0 Å². The van der Waals surface area contributed by atoms with Crippen LogP contribution in [0.3, 0.4) is 0 Å². The highest BCUT2D eigenvalue weighted by Crippen LogP contribution is 2.14. The molecule has 1 heterocycles. The molecule has 29 heavy (non-hydrogen) atoms. The lowest BCUT2D eigenvalue weighted by atomic mass is 10.1. The molecule has 0 aliphatic carbocycles. The summed E-state index contributed by atoms with van der Waals surface area (Å²) in [7, 11) is 0. The van der Waals surface area contributed by atoms with Crippen LogP contribution in [0.15, 0.2) is 53.7 Å². The van der Waals surface area contributed by atoms with Gasteiger partial charge in [-0.1, -0.05) is 18.2 Å². The lowest BCUT2D eigenvalue weighted by Crippen LogP contribution is -2.48. The van der Waals surface area contributed by atoms with Gasteiger partial charge in [0, 0.05) is 18.3 Å². The Hall–Kier alpha value is -3.09. The summed E-state index contributed by atoms with van der Waals surface area (Å²) < 4.78 is 5.75. The summed E-state index contributed by atoms with van der Waals surface area (Å²) in [5.74, 6) is 1.32. The van der Waals surface area contributed by atoms with Crippen molar-refractivity contribution in [3.63, 3.8) is 0 Å². The molecule has 156 valence electrons. The summed E-state index contributed by atoms with van der Waals surface area (Å²) in [6, 6.07) is 13.6. The Bertz CT molecular complexity index is 783. The van der Waals surface area contributed by atoms with Gasteiger partial charge >= 0.3 is 0 Å². The third kappa shape index (κ3) is 9.10. The Labute approximate surface area is 173 Å². The highest BCUT2D eigenvalue weighted by atomic mass is 16.5. The number of hydrogen-bond acceptors (Lipinski definition) is 4. The number of guanidine groups is 1. The predicted molar refractivity (Wildman–Crippen MR) is 116 cm³/mol. The molecule has 2 aromatic rings. The number of pyridine rings is 1. The fourth-order valence-electron chi connectivity index (χ4n) is 2.47. The number of rotatable bonds is 8. The van der Waals surface area contributed by atoms with Crippen LogP contribution < -0.4 is 20.7 Å². The van der Waals surface area contributed by atoms with E-state index in [1.165, 1.54) is 0 Å². The molecule has 1 aromatic carbocycles. The van der Waals surface area contributed by atoms with Crippen LogP contribution in [-0.4, -0.2) is 35.5 Å². The molecule has 0 saturated carbocycles. The Morgan fingerprint density at radius 1 is 1.10 bits per heavy atom. The number of carbonyl (C=O) groups excluding carboxylic acids is 1. The zero-order chi connectivity index (χ0) is 21.1. The summed E-state index contributed by atoms with van der Waals surface area (Å²) >= 11 is 0. The van der Waals surface area contributed by atoms with E-state index in [0.29, 0.717) is 25.7 Å². The molecule has 1 amide bonds. The molecule has 0 fully saturated rings. The molecule has 0 atom stereocenters. The van der Waals surface area contributed by atoms with Gasteiger partial charge in [0.1, 0.15) is 12.4 Å². The monoisotopic (exact) mass is 397 g/mol. The second-order valence-electron chi connectivity index (χ2n) is 7.60. The minimum absolute atomic E-state index is 0.0717. The molecule has 1 aromatic heterocycles. The Morgan fingerprint density at radius 2 is 1.86 bits per heavy atom. The van der Waals surface area contributed by atoms with Crippen LogP contribution in [-0.2, 0) is 17.9 Å². The van der Waals surface area contributed by atoms with Gasteiger partial charge in [0.25, 0.3) is 0 Å². The SMILES string of the molecule is CCNC(=NCc1ccc(OCc2ccccn2)cc1)NCC(=O)NC(C)(C)C. The molecule has 7 nitrogen and oxygen atoms in total. The molecular weight excluding hydrogens is 366 g/mol. The van der Waals surface area contributed by atoms with Crippen LogP contribution in [0.5, 0.6) is 5.75 Å². The van der Waals surface area contributed by atoms with Crippen LogP contribution in [0.1, 0.15) is 39.0 Å². The van der Waals surface area contributed by atoms with E-state index in [0.717, 1.165) is 17.0 Å². The number of nitrogens with one attached hydrogen (secondary N) is 3. The summed E-state index contributed by atoms with van der Waals surface area (Å²) in [6.45, 7) is 9.66. The third-order valence-electron chi connectivity index (χ3n) is 3.73. The topological polar surface area (TPSA) is 87.6 Å². The molecule has 3 N–H and O–H groups in total. The van der Waals surface area contributed by atoms with E-state index in [2.05, 4.69) is 25.9 Å². The fourth-order valence-corrected chi connectivity index (χ4v) is 2.47. The van der Waals surface area contributed by atoms with Crippen molar-refractivity contribution in [1.29, 1.82) is 0 Å². The quantitative estimate of drug-likeness (QED) is 0.471. The number of nitrogens with zero attached hydrogens (tertiary/aromatic N) is 2. The van der Waals surface area contributed by atoms with E-state index in [-0.39, 0.29) is 18.0 Å². The Balaban J connectivity index is 1.85.